The lowest BCUT2D eigenvalue weighted by molar-refractivity contribution is -0.156. The Labute approximate surface area is 186 Å². The van der Waals surface area contributed by atoms with Gasteiger partial charge in [-0.1, -0.05) is 47.5 Å². The smallest absolute Gasteiger partial charge is 0.245 e. The molecule has 0 saturated carbocycles. The minimum absolute atomic E-state index is 0.230. The molecule has 1 aliphatic rings. The van der Waals surface area contributed by atoms with Gasteiger partial charge in [0.1, 0.15) is 5.41 Å². The fourth-order valence-corrected chi connectivity index (χ4v) is 4.69. The van der Waals surface area contributed by atoms with E-state index >= 15 is 0 Å². The maximum absolute atomic E-state index is 13.7. The third-order valence-corrected chi connectivity index (χ3v) is 6.10. The van der Waals surface area contributed by atoms with Crippen molar-refractivity contribution < 1.29 is 9.59 Å². The van der Waals surface area contributed by atoms with Gasteiger partial charge >= 0.3 is 0 Å². The molecule has 0 aliphatic carbocycles. The second kappa shape index (κ2) is 8.82. The van der Waals surface area contributed by atoms with E-state index in [1.165, 1.54) is 9.80 Å². The fourth-order valence-electron chi connectivity index (χ4n) is 3.84. The van der Waals surface area contributed by atoms with Gasteiger partial charge in [-0.05, 0) is 74.3 Å². The number of rotatable bonds is 6. The molecule has 7 heteroatoms. The molecule has 0 unspecified atom stereocenters. The van der Waals surface area contributed by atoms with E-state index < -0.39 is 5.41 Å². The van der Waals surface area contributed by atoms with Crippen LogP contribution in [0.15, 0.2) is 48.5 Å². The average Bonchev–Trinajstić information content (AvgIpc) is 2.67. The molecule has 0 bridgehead atoms. The summed E-state index contributed by atoms with van der Waals surface area (Å²) in [5, 5.41) is 1.38. The first kappa shape index (κ1) is 21.8. The molecular weight excluding hydrogens is 427 g/mol. The van der Waals surface area contributed by atoms with Crippen molar-refractivity contribution in [2.75, 3.05) is 13.1 Å². The zero-order chi connectivity index (χ0) is 21.2. The van der Waals surface area contributed by atoms with E-state index in [4.69, 9.17) is 35.4 Å². The van der Waals surface area contributed by atoms with Crippen LogP contribution in [0.4, 0.5) is 0 Å². The van der Waals surface area contributed by atoms with Gasteiger partial charge in [0.15, 0.2) is 5.11 Å². The molecule has 3 rings (SSSR count). The highest BCUT2D eigenvalue weighted by Gasteiger charge is 2.55. The van der Waals surface area contributed by atoms with E-state index in [0.29, 0.717) is 23.1 Å². The molecule has 29 heavy (non-hydrogen) atoms. The normalized spacial score (nSPS) is 16.5. The van der Waals surface area contributed by atoms with E-state index in [2.05, 4.69) is 0 Å². The summed E-state index contributed by atoms with van der Waals surface area (Å²) in [6, 6.07) is 14.5. The van der Waals surface area contributed by atoms with Gasteiger partial charge in [0.25, 0.3) is 0 Å². The van der Waals surface area contributed by atoms with E-state index in [-0.39, 0.29) is 29.8 Å². The first-order chi connectivity index (χ1) is 13.8. The van der Waals surface area contributed by atoms with Crippen molar-refractivity contribution in [1.29, 1.82) is 0 Å². The molecule has 1 aliphatic heterocycles. The van der Waals surface area contributed by atoms with Gasteiger partial charge in [-0.25, -0.2) is 0 Å². The van der Waals surface area contributed by atoms with Crippen molar-refractivity contribution in [3.05, 3.63) is 69.7 Å². The van der Waals surface area contributed by atoms with Crippen molar-refractivity contribution in [1.82, 2.24) is 9.80 Å². The molecular formula is C22H22Cl2N2O2S. The molecule has 0 radical (unpaired) electrons. The van der Waals surface area contributed by atoms with Gasteiger partial charge in [-0.15, -0.1) is 0 Å². The zero-order valence-electron chi connectivity index (χ0n) is 16.3. The van der Waals surface area contributed by atoms with Crippen molar-refractivity contribution in [2.45, 2.75) is 26.7 Å². The van der Waals surface area contributed by atoms with Gasteiger partial charge < -0.3 is 0 Å². The molecule has 0 atom stereocenters. The Morgan fingerprint density at radius 3 is 1.59 bits per heavy atom. The monoisotopic (exact) mass is 448 g/mol. The summed E-state index contributed by atoms with van der Waals surface area (Å²) in [5.41, 5.74) is 0.325. The third kappa shape index (κ3) is 4.18. The van der Waals surface area contributed by atoms with E-state index in [1.807, 2.05) is 38.1 Å². The Balaban J connectivity index is 2.15. The molecule has 0 N–H and O–H groups in total. The van der Waals surface area contributed by atoms with Crippen LogP contribution in [0.3, 0.4) is 0 Å². The number of thiocarbonyl (C=S) groups is 1. The highest BCUT2D eigenvalue weighted by Crippen LogP contribution is 2.37. The highest BCUT2D eigenvalue weighted by atomic mass is 35.5. The molecule has 2 amide bonds. The topological polar surface area (TPSA) is 40.6 Å². The first-order valence-corrected chi connectivity index (χ1v) is 10.7. The van der Waals surface area contributed by atoms with Crippen LogP contribution in [0.2, 0.25) is 10.0 Å². The fraction of sp³-hybridized carbons (Fsp3) is 0.318. The molecule has 1 saturated heterocycles. The Kier molecular flexibility index (Phi) is 6.62. The summed E-state index contributed by atoms with van der Waals surface area (Å²) < 4.78 is 0. The van der Waals surface area contributed by atoms with Crippen LogP contribution >= 0.6 is 35.4 Å². The van der Waals surface area contributed by atoms with Gasteiger partial charge in [0.2, 0.25) is 11.8 Å². The summed E-state index contributed by atoms with van der Waals surface area (Å²) >= 11 is 17.8. The average molecular weight is 449 g/mol. The van der Waals surface area contributed by atoms with Crippen LogP contribution in [0.1, 0.15) is 25.0 Å². The summed E-state index contributed by atoms with van der Waals surface area (Å²) in [5.74, 6) is -0.556. The van der Waals surface area contributed by atoms with Gasteiger partial charge in [-0.3, -0.25) is 19.4 Å². The number of benzene rings is 2. The molecule has 0 aromatic heterocycles. The van der Waals surface area contributed by atoms with E-state index in [9.17, 15) is 9.59 Å². The number of halogens is 2. The lowest BCUT2D eigenvalue weighted by atomic mass is 9.73. The van der Waals surface area contributed by atoms with E-state index in [0.717, 1.165) is 11.1 Å². The zero-order valence-corrected chi connectivity index (χ0v) is 18.7. The molecule has 0 spiro atoms. The Morgan fingerprint density at radius 1 is 0.828 bits per heavy atom. The molecule has 4 nitrogen and oxygen atoms in total. The predicted molar refractivity (Wildman–Crippen MR) is 120 cm³/mol. The summed E-state index contributed by atoms with van der Waals surface area (Å²) in [6.45, 7) is 4.51. The van der Waals surface area contributed by atoms with Crippen LogP contribution in [-0.2, 0) is 22.4 Å². The van der Waals surface area contributed by atoms with Crippen molar-refractivity contribution in [3.8, 4) is 0 Å². The summed E-state index contributed by atoms with van der Waals surface area (Å²) in [4.78, 5) is 30.4. The number of carbonyl (C=O) groups excluding carboxylic acids is 2. The summed E-state index contributed by atoms with van der Waals surface area (Å²) in [7, 11) is 0. The lowest BCUT2D eigenvalue weighted by Gasteiger charge is -2.45. The predicted octanol–water partition coefficient (Wildman–Crippen LogP) is 4.76. The molecule has 1 fully saturated rings. The van der Waals surface area contributed by atoms with Crippen LogP contribution in [-0.4, -0.2) is 39.8 Å². The van der Waals surface area contributed by atoms with Crippen LogP contribution in [0.5, 0.6) is 0 Å². The molecule has 152 valence electrons. The molecule has 1 heterocycles. The second-order valence-electron chi connectivity index (χ2n) is 7.08. The van der Waals surface area contributed by atoms with E-state index in [1.54, 1.807) is 24.3 Å². The maximum atomic E-state index is 13.7. The minimum atomic E-state index is -1.32. The number of nitrogens with zero attached hydrogens (tertiary/aromatic N) is 2. The minimum Gasteiger partial charge on any atom is -0.288 e. The van der Waals surface area contributed by atoms with Crippen molar-refractivity contribution in [3.63, 3.8) is 0 Å². The second-order valence-corrected chi connectivity index (χ2v) is 8.31. The van der Waals surface area contributed by atoms with Crippen molar-refractivity contribution in [2.24, 2.45) is 5.41 Å². The number of hydrogen-bond donors (Lipinski definition) is 0. The van der Waals surface area contributed by atoms with Crippen LogP contribution in [0, 0.1) is 5.41 Å². The lowest BCUT2D eigenvalue weighted by Crippen LogP contribution is -2.66. The van der Waals surface area contributed by atoms with Crippen LogP contribution < -0.4 is 0 Å². The molecule has 2 aromatic carbocycles. The molecule has 2 aromatic rings. The van der Waals surface area contributed by atoms with Crippen LogP contribution in [0.25, 0.3) is 0 Å². The Hall–Kier alpha value is -1.95. The largest absolute Gasteiger partial charge is 0.288 e. The first-order valence-electron chi connectivity index (χ1n) is 9.49. The standard InChI is InChI=1S/C22H22Cl2N2O2S/c1-3-25-19(27)22(20(28)26(4-2)21(25)29,13-15-7-5-9-17(23)11-15)14-16-8-6-10-18(24)12-16/h5-12H,3-4,13-14H2,1-2H3. The van der Waals surface area contributed by atoms with Gasteiger partial charge in [0.05, 0.1) is 0 Å². The SMILES string of the molecule is CCN1C(=O)C(Cc2cccc(Cl)c2)(Cc2cccc(Cl)c2)C(=O)N(CC)C1=S. The number of hydrogen-bond acceptors (Lipinski definition) is 3. The quantitative estimate of drug-likeness (QED) is 0.472. The summed E-state index contributed by atoms with van der Waals surface area (Å²) in [6.07, 6.45) is 0.459. The van der Waals surface area contributed by atoms with Gasteiger partial charge in [0, 0.05) is 23.1 Å². The number of carbonyl (C=O) groups is 2. The van der Waals surface area contributed by atoms with Gasteiger partial charge in [-0.2, -0.15) is 0 Å². The maximum Gasteiger partial charge on any atom is 0.245 e. The number of amides is 2. The third-order valence-electron chi connectivity index (χ3n) is 5.19. The highest BCUT2D eigenvalue weighted by molar-refractivity contribution is 7.80. The van der Waals surface area contributed by atoms with Crippen molar-refractivity contribution >= 4 is 52.3 Å². The Morgan fingerprint density at radius 2 is 1.24 bits per heavy atom. The Bertz CT molecular complexity index is 888.